The molecule has 2 aromatic carbocycles. The van der Waals surface area contributed by atoms with Gasteiger partial charge in [-0.2, -0.15) is 0 Å². The Hall–Kier alpha value is -3.78. The summed E-state index contributed by atoms with van der Waals surface area (Å²) in [5, 5.41) is 16.3. The number of hydrazine groups is 1. The Morgan fingerprint density at radius 1 is 1.06 bits per heavy atom. The van der Waals surface area contributed by atoms with E-state index in [0.29, 0.717) is 11.7 Å². The van der Waals surface area contributed by atoms with Crippen LogP contribution in [-0.4, -0.2) is 31.8 Å². The first-order chi connectivity index (χ1) is 16.1. The average Bonchev–Trinajstić information content (AvgIpc) is 3.47. The molecule has 33 heavy (non-hydrogen) atoms. The molecule has 2 aromatic heterocycles. The Balaban J connectivity index is 1.46. The molecule has 8 heteroatoms. The van der Waals surface area contributed by atoms with Crippen molar-refractivity contribution in [3.63, 3.8) is 0 Å². The fourth-order valence-corrected chi connectivity index (χ4v) is 4.63. The molecule has 1 aliphatic heterocycles. The molecule has 0 bridgehead atoms. The van der Waals surface area contributed by atoms with E-state index in [-0.39, 0.29) is 6.17 Å². The summed E-state index contributed by atoms with van der Waals surface area (Å²) in [6.45, 7) is 7.28. The second-order valence-corrected chi connectivity index (χ2v) is 8.63. The lowest BCUT2D eigenvalue weighted by atomic mass is 9.98. The molecule has 3 N–H and O–H groups in total. The number of rotatable bonds is 6. The number of aromatic amines is 1. The van der Waals surface area contributed by atoms with Crippen molar-refractivity contribution in [1.82, 2.24) is 25.6 Å². The fraction of sp³-hybridized carbons (Fsp3) is 0.280. The smallest absolute Gasteiger partial charge is 0.180 e. The van der Waals surface area contributed by atoms with Gasteiger partial charge in [-0.1, -0.05) is 62.4 Å². The lowest BCUT2D eigenvalue weighted by Gasteiger charge is -2.34. The van der Waals surface area contributed by atoms with Crippen LogP contribution in [0.1, 0.15) is 31.4 Å². The maximum absolute atomic E-state index is 6.61. The van der Waals surface area contributed by atoms with Crippen molar-refractivity contribution >= 4 is 11.5 Å². The molecule has 0 amide bonds. The van der Waals surface area contributed by atoms with Gasteiger partial charge >= 0.3 is 0 Å². The lowest BCUT2D eigenvalue weighted by molar-refractivity contribution is 0.409. The minimum atomic E-state index is 0.0676. The van der Waals surface area contributed by atoms with Crippen molar-refractivity contribution in [2.75, 3.05) is 9.91 Å². The summed E-state index contributed by atoms with van der Waals surface area (Å²) < 4.78 is 0. The highest BCUT2D eigenvalue weighted by Gasteiger charge is 2.39. The van der Waals surface area contributed by atoms with Crippen molar-refractivity contribution in [2.24, 2.45) is 11.8 Å². The zero-order chi connectivity index (χ0) is 22.9. The van der Waals surface area contributed by atoms with Gasteiger partial charge in [0.2, 0.25) is 0 Å². The van der Waals surface area contributed by atoms with Gasteiger partial charge in [-0.05, 0) is 58.0 Å². The highest BCUT2D eigenvalue weighted by molar-refractivity contribution is 5.80. The predicted octanol–water partition coefficient (Wildman–Crippen LogP) is 4.31. The molecular weight excluding hydrogens is 412 g/mol. The SMILES string of the molecule is CCC(C)C1N(N)c2c(C)ccnc2N1Cc1ccc(-c2ccccc2-c2nnn[nH]2)cc1. The van der Waals surface area contributed by atoms with Crippen LogP contribution >= 0.6 is 0 Å². The summed E-state index contributed by atoms with van der Waals surface area (Å²) in [6, 6.07) is 18.8. The molecule has 168 valence electrons. The molecule has 2 atom stereocenters. The van der Waals surface area contributed by atoms with Gasteiger partial charge in [-0.15, -0.1) is 5.10 Å². The maximum Gasteiger partial charge on any atom is 0.180 e. The number of nitrogens with zero attached hydrogens (tertiary/aromatic N) is 6. The second-order valence-electron chi connectivity index (χ2n) is 8.63. The number of aryl methyl sites for hydroxylation is 1. The number of benzene rings is 2. The van der Waals surface area contributed by atoms with Gasteiger partial charge in [0.05, 0.1) is 5.69 Å². The zero-order valence-corrected chi connectivity index (χ0v) is 19.1. The average molecular weight is 441 g/mol. The van der Waals surface area contributed by atoms with E-state index in [1.165, 1.54) is 5.56 Å². The van der Waals surface area contributed by atoms with E-state index in [0.717, 1.165) is 46.7 Å². The summed E-state index contributed by atoms with van der Waals surface area (Å²) >= 11 is 0. The van der Waals surface area contributed by atoms with Gasteiger partial charge < -0.3 is 4.90 Å². The summed E-state index contributed by atoms with van der Waals surface area (Å²) in [5.41, 5.74) is 6.54. The van der Waals surface area contributed by atoms with E-state index in [1.54, 1.807) is 0 Å². The van der Waals surface area contributed by atoms with Crippen molar-refractivity contribution in [3.8, 4) is 22.5 Å². The van der Waals surface area contributed by atoms with Crippen LogP contribution in [0.4, 0.5) is 11.5 Å². The first kappa shape index (κ1) is 21.1. The highest BCUT2D eigenvalue weighted by Crippen LogP contribution is 2.42. The Kier molecular flexibility index (Phi) is 5.51. The molecule has 0 saturated carbocycles. The summed E-state index contributed by atoms with van der Waals surface area (Å²) in [7, 11) is 0. The molecule has 4 aromatic rings. The summed E-state index contributed by atoms with van der Waals surface area (Å²) in [6.07, 6.45) is 2.97. The number of anilines is 2. The van der Waals surface area contributed by atoms with Crippen LogP contribution in [0.2, 0.25) is 0 Å². The van der Waals surface area contributed by atoms with E-state index in [4.69, 9.17) is 10.8 Å². The number of hydrogen-bond acceptors (Lipinski definition) is 7. The van der Waals surface area contributed by atoms with Crippen molar-refractivity contribution in [1.29, 1.82) is 0 Å². The fourth-order valence-electron chi connectivity index (χ4n) is 4.63. The van der Waals surface area contributed by atoms with Gasteiger partial charge in [0, 0.05) is 18.3 Å². The van der Waals surface area contributed by atoms with Crippen LogP contribution < -0.4 is 15.8 Å². The molecule has 0 saturated heterocycles. The van der Waals surface area contributed by atoms with Crippen LogP contribution in [0, 0.1) is 12.8 Å². The van der Waals surface area contributed by atoms with Crippen LogP contribution in [0.15, 0.2) is 60.8 Å². The maximum atomic E-state index is 6.61. The third-order valence-electron chi connectivity index (χ3n) is 6.54. The molecule has 0 spiro atoms. The van der Waals surface area contributed by atoms with Gasteiger partial charge in [0.25, 0.3) is 0 Å². The van der Waals surface area contributed by atoms with Crippen molar-refractivity contribution in [2.45, 2.75) is 39.9 Å². The zero-order valence-electron chi connectivity index (χ0n) is 19.1. The van der Waals surface area contributed by atoms with Gasteiger partial charge in [0.1, 0.15) is 6.17 Å². The topological polar surface area (TPSA) is 99.8 Å². The number of H-pyrrole nitrogens is 1. The highest BCUT2D eigenvalue weighted by atomic mass is 15.6. The second kappa shape index (κ2) is 8.63. The van der Waals surface area contributed by atoms with E-state index in [1.807, 2.05) is 35.5 Å². The molecular formula is C25H28N8. The first-order valence-electron chi connectivity index (χ1n) is 11.3. The molecule has 0 aliphatic carbocycles. The largest absolute Gasteiger partial charge is 0.329 e. The van der Waals surface area contributed by atoms with Gasteiger partial charge in [-0.25, -0.2) is 15.9 Å². The number of nitrogens with one attached hydrogen (secondary N) is 1. The molecule has 5 rings (SSSR count). The molecule has 1 aliphatic rings. The lowest BCUT2D eigenvalue weighted by Crippen LogP contribution is -2.50. The standard InChI is InChI=1S/C25H28N8/c1-4-16(2)25-32(24-22(33(25)26)17(3)13-14-27-24)15-18-9-11-19(12-10-18)20-7-5-6-8-21(20)23-28-30-31-29-23/h5-14,16,25H,4,15,26H2,1-3H3,(H,28,29,30,31). The van der Waals surface area contributed by atoms with E-state index >= 15 is 0 Å². The minimum absolute atomic E-state index is 0.0676. The Morgan fingerprint density at radius 2 is 1.82 bits per heavy atom. The molecule has 0 fully saturated rings. The molecule has 0 radical (unpaired) electrons. The number of aromatic nitrogens is 5. The molecule has 3 heterocycles. The number of nitrogens with two attached hydrogens (primary N) is 1. The first-order valence-corrected chi connectivity index (χ1v) is 11.3. The van der Waals surface area contributed by atoms with Gasteiger partial charge in [-0.3, -0.25) is 5.01 Å². The normalized spacial score (nSPS) is 16.2. The van der Waals surface area contributed by atoms with Crippen LogP contribution in [0.25, 0.3) is 22.5 Å². The number of tetrazole rings is 1. The summed E-state index contributed by atoms with van der Waals surface area (Å²) in [4.78, 5) is 7.04. The summed E-state index contributed by atoms with van der Waals surface area (Å²) in [5.74, 6) is 8.61. The van der Waals surface area contributed by atoms with E-state index in [2.05, 4.69) is 76.6 Å². The van der Waals surface area contributed by atoms with Crippen LogP contribution in [0.3, 0.4) is 0 Å². The number of hydrogen-bond donors (Lipinski definition) is 2. The van der Waals surface area contributed by atoms with E-state index in [9.17, 15) is 0 Å². The Labute approximate surface area is 193 Å². The number of pyridine rings is 1. The minimum Gasteiger partial charge on any atom is -0.329 e. The van der Waals surface area contributed by atoms with Gasteiger partial charge in [0.15, 0.2) is 11.6 Å². The van der Waals surface area contributed by atoms with Crippen LogP contribution in [-0.2, 0) is 6.54 Å². The Morgan fingerprint density at radius 3 is 2.52 bits per heavy atom. The predicted molar refractivity (Wildman–Crippen MR) is 130 cm³/mol. The van der Waals surface area contributed by atoms with Crippen molar-refractivity contribution < 1.29 is 0 Å². The van der Waals surface area contributed by atoms with E-state index < -0.39 is 0 Å². The number of fused-ring (bicyclic) bond motifs is 1. The third kappa shape index (κ3) is 3.72. The molecule has 2 unspecified atom stereocenters. The quantitative estimate of drug-likeness (QED) is 0.431. The third-order valence-corrected chi connectivity index (χ3v) is 6.54. The van der Waals surface area contributed by atoms with Crippen molar-refractivity contribution in [3.05, 3.63) is 71.9 Å². The van der Waals surface area contributed by atoms with Crippen LogP contribution in [0.5, 0.6) is 0 Å². The molecule has 8 nitrogen and oxygen atoms in total. The Bertz CT molecular complexity index is 1240. The monoisotopic (exact) mass is 440 g/mol.